The van der Waals surface area contributed by atoms with Gasteiger partial charge in [-0.15, -0.1) is 0 Å². The van der Waals surface area contributed by atoms with Gasteiger partial charge in [0.05, 0.1) is 28.7 Å². The molecule has 7 nitrogen and oxygen atoms in total. The van der Waals surface area contributed by atoms with Crippen molar-refractivity contribution in [2.24, 2.45) is 11.8 Å². The van der Waals surface area contributed by atoms with E-state index in [4.69, 9.17) is 5.84 Å². The second-order valence-corrected chi connectivity index (χ2v) is 9.86. The van der Waals surface area contributed by atoms with Crippen LogP contribution in [0.5, 0.6) is 0 Å². The second kappa shape index (κ2) is 11.5. The summed E-state index contributed by atoms with van der Waals surface area (Å²) in [7, 11) is 0. The zero-order valence-corrected chi connectivity index (χ0v) is 21.5. The Hall–Kier alpha value is -3.16. The predicted octanol–water partition coefficient (Wildman–Crippen LogP) is 5.52. The number of imidazole rings is 2. The van der Waals surface area contributed by atoms with Gasteiger partial charge < -0.3 is 15.0 Å². The Labute approximate surface area is 208 Å². The molecule has 1 saturated heterocycles. The number of hydrazine groups is 1. The van der Waals surface area contributed by atoms with Gasteiger partial charge in [-0.05, 0) is 87.0 Å². The molecule has 1 aliphatic rings. The summed E-state index contributed by atoms with van der Waals surface area (Å²) in [4.78, 5) is 14.4. The van der Waals surface area contributed by atoms with Crippen molar-refractivity contribution in [1.82, 2.24) is 24.4 Å². The molecule has 3 heterocycles. The molecule has 4 aromatic rings. The van der Waals surface area contributed by atoms with Crippen molar-refractivity contribution in [3.8, 4) is 5.69 Å². The minimum absolute atomic E-state index is 0.792. The number of fused-ring (bicyclic) bond motifs is 1. The summed E-state index contributed by atoms with van der Waals surface area (Å²) in [5.74, 6) is 7.42. The average Bonchev–Trinajstić information content (AvgIpc) is 3.44. The van der Waals surface area contributed by atoms with Gasteiger partial charge in [-0.25, -0.2) is 9.97 Å². The van der Waals surface area contributed by atoms with Crippen molar-refractivity contribution in [3.05, 3.63) is 71.6 Å². The number of aryl methyl sites for hydroxylation is 3. The maximum Gasteiger partial charge on any atom is 0.104 e. The summed E-state index contributed by atoms with van der Waals surface area (Å²) in [5, 5.41) is 0. The molecule has 1 unspecified atom stereocenters. The Kier molecular flexibility index (Phi) is 8.21. The van der Waals surface area contributed by atoms with Crippen molar-refractivity contribution >= 4 is 16.7 Å². The van der Waals surface area contributed by atoms with Crippen LogP contribution in [0, 0.1) is 19.8 Å². The quantitative estimate of drug-likeness (QED) is 0.253. The lowest BCUT2D eigenvalue weighted by Gasteiger charge is -2.31. The summed E-state index contributed by atoms with van der Waals surface area (Å²) < 4.78 is 2.04. The molecule has 1 atom stereocenters. The third kappa shape index (κ3) is 6.71. The molecule has 0 amide bonds. The molecule has 0 aliphatic carbocycles. The number of H-pyrrole nitrogens is 1. The van der Waals surface area contributed by atoms with E-state index < -0.39 is 0 Å². The molecule has 0 saturated carbocycles. The van der Waals surface area contributed by atoms with Gasteiger partial charge in [0, 0.05) is 25.0 Å². The number of likely N-dealkylation sites (tertiary alicyclic amines) is 1. The lowest BCUT2D eigenvalue weighted by Crippen LogP contribution is -2.33. The standard InChI is InChI=1S/C17H25N5.C11H14N2/c1-13-4-3-5-21(9-13)11-15-6-16(20-18)8-17(7-15)22-10-14(2)19-12-22;1-3-4-9-5-6-10-11(7-9)13-8(2)12-10/h6-8,10,12-13,20H,3-5,9,11,18H2,1-2H3;5-7H,3-4H2,1-2H3,(H,12,13). The Bertz CT molecular complexity index is 1240. The molecule has 1 aliphatic heterocycles. The van der Waals surface area contributed by atoms with Crippen LogP contribution in [0.15, 0.2) is 48.9 Å². The summed E-state index contributed by atoms with van der Waals surface area (Å²) >= 11 is 0. The number of rotatable bonds is 6. The van der Waals surface area contributed by atoms with Gasteiger partial charge in [-0.3, -0.25) is 10.7 Å². The first-order valence-electron chi connectivity index (χ1n) is 12.7. The van der Waals surface area contributed by atoms with Crippen LogP contribution in [-0.2, 0) is 13.0 Å². The number of piperidine rings is 1. The molecule has 2 aromatic heterocycles. The number of anilines is 1. The molecule has 5 rings (SSSR count). The number of hydrogen-bond donors (Lipinski definition) is 3. The number of nitrogen functional groups attached to an aromatic ring is 1. The van der Waals surface area contributed by atoms with Crippen LogP contribution in [0.3, 0.4) is 0 Å². The van der Waals surface area contributed by atoms with Crippen molar-refractivity contribution in [2.45, 2.75) is 59.9 Å². The van der Waals surface area contributed by atoms with Crippen LogP contribution in [0.2, 0.25) is 0 Å². The molecule has 1 fully saturated rings. The van der Waals surface area contributed by atoms with Crippen LogP contribution >= 0.6 is 0 Å². The van der Waals surface area contributed by atoms with Gasteiger partial charge in [0.25, 0.3) is 0 Å². The summed E-state index contributed by atoms with van der Waals surface area (Å²) in [5.41, 5.74) is 10.7. The third-order valence-corrected chi connectivity index (χ3v) is 6.50. The Morgan fingerprint density at radius 1 is 1.14 bits per heavy atom. The van der Waals surface area contributed by atoms with E-state index in [1.54, 1.807) is 0 Å². The van der Waals surface area contributed by atoms with E-state index in [1.165, 1.54) is 43.5 Å². The van der Waals surface area contributed by atoms with Crippen LogP contribution in [0.25, 0.3) is 16.7 Å². The summed E-state index contributed by atoms with van der Waals surface area (Å²) in [6.45, 7) is 11.9. The van der Waals surface area contributed by atoms with E-state index in [9.17, 15) is 0 Å². The molecular weight excluding hydrogens is 434 g/mol. The first-order valence-corrected chi connectivity index (χ1v) is 12.7. The fourth-order valence-electron chi connectivity index (χ4n) is 4.88. The molecule has 35 heavy (non-hydrogen) atoms. The number of aromatic nitrogens is 4. The van der Waals surface area contributed by atoms with Crippen LogP contribution in [0.1, 0.15) is 55.8 Å². The van der Waals surface area contributed by atoms with Crippen molar-refractivity contribution in [1.29, 1.82) is 0 Å². The van der Waals surface area contributed by atoms with E-state index in [0.717, 1.165) is 52.8 Å². The molecule has 7 heteroatoms. The molecule has 4 N–H and O–H groups in total. The number of nitrogens with two attached hydrogens (primary N) is 1. The Morgan fingerprint density at radius 2 is 2.00 bits per heavy atom. The molecule has 0 bridgehead atoms. The van der Waals surface area contributed by atoms with Gasteiger partial charge in [0.1, 0.15) is 5.82 Å². The van der Waals surface area contributed by atoms with Crippen LogP contribution < -0.4 is 11.3 Å². The Morgan fingerprint density at radius 3 is 2.71 bits per heavy atom. The van der Waals surface area contributed by atoms with Crippen LogP contribution in [0.4, 0.5) is 5.69 Å². The number of benzene rings is 2. The van der Waals surface area contributed by atoms with Crippen molar-refractivity contribution < 1.29 is 0 Å². The third-order valence-electron chi connectivity index (χ3n) is 6.50. The van der Waals surface area contributed by atoms with E-state index in [2.05, 4.69) is 69.5 Å². The number of hydrogen-bond acceptors (Lipinski definition) is 5. The maximum absolute atomic E-state index is 5.64. The van der Waals surface area contributed by atoms with Crippen molar-refractivity contribution in [2.75, 3.05) is 18.5 Å². The van der Waals surface area contributed by atoms with Gasteiger partial charge >= 0.3 is 0 Å². The maximum atomic E-state index is 5.64. The monoisotopic (exact) mass is 473 g/mol. The van der Waals surface area contributed by atoms with E-state index in [-0.39, 0.29) is 0 Å². The molecule has 0 spiro atoms. The van der Waals surface area contributed by atoms with Crippen LogP contribution in [-0.4, -0.2) is 37.5 Å². The first-order chi connectivity index (χ1) is 16.9. The molecule has 0 radical (unpaired) electrons. The second-order valence-electron chi connectivity index (χ2n) is 9.86. The Balaban J connectivity index is 0.000000189. The fourth-order valence-corrected chi connectivity index (χ4v) is 4.88. The van der Waals surface area contributed by atoms with E-state index in [0.29, 0.717) is 0 Å². The average molecular weight is 474 g/mol. The molecule has 186 valence electrons. The largest absolute Gasteiger partial charge is 0.342 e. The van der Waals surface area contributed by atoms with Gasteiger partial charge in [0.2, 0.25) is 0 Å². The zero-order valence-electron chi connectivity index (χ0n) is 21.5. The normalized spacial score (nSPS) is 16.2. The smallest absolute Gasteiger partial charge is 0.104 e. The zero-order chi connectivity index (χ0) is 24.8. The summed E-state index contributed by atoms with van der Waals surface area (Å²) in [6, 6.07) is 12.8. The molecule has 2 aromatic carbocycles. The highest BCUT2D eigenvalue weighted by Crippen LogP contribution is 2.22. The van der Waals surface area contributed by atoms with E-state index in [1.807, 2.05) is 37.0 Å². The predicted molar refractivity (Wildman–Crippen MR) is 145 cm³/mol. The van der Waals surface area contributed by atoms with Gasteiger partial charge in [0.15, 0.2) is 0 Å². The lowest BCUT2D eigenvalue weighted by atomic mass is 9.99. The van der Waals surface area contributed by atoms with Gasteiger partial charge in [-0.2, -0.15) is 0 Å². The molecular formula is C28H39N7. The lowest BCUT2D eigenvalue weighted by molar-refractivity contribution is 0.176. The number of nitrogens with one attached hydrogen (secondary N) is 2. The highest BCUT2D eigenvalue weighted by atomic mass is 15.2. The SMILES string of the molecule is CCCc1ccc2nc(C)[nH]c2c1.Cc1cn(-c2cc(CN3CCCC(C)C3)cc(NN)c2)cn1. The van der Waals surface area contributed by atoms with Crippen molar-refractivity contribution in [3.63, 3.8) is 0 Å². The highest BCUT2D eigenvalue weighted by Gasteiger charge is 2.16. The number of nitrogens with zero attached hydrogens (tertiary/aromatic N) is 4. The van der Waals surface area contributed by atoms with E-state index >= 15 is 0 Å². The minimum Gasteiger partial charge on any atom is -0.342 e. The topological polar surface area (TPSA) is 87.8 Å². The number of aromatic amines is 1. The first kappa shape index (κ1) is 24.9. The fraction of sp³-hybridized carbons (Fsp3) is 0.429. The summed E-state index contributed by atoms with van der Waals surface area (Å²) in [6.07, 6.45) is 8.86. The minimum atomic E-state index is 0.792. The highest BCUT2D eigenvalue weighted by molar-refractivity contribution is 5.75. The van der Waals surface area contributed by atoms with Gasteiger partial charge in [-0.1, -0.05) is 26.3 Å².